The van der Waals surface area contributed by atoms with Gasteiger partial charge in [0.1, 0.15) is 10.7 Å². The van der Waals surface area contributed by atoms with Crippen LogP contribution in [0.1, 0.15) is 13.8 Å². The van der Waals surface area contributed by atoms with E-state index in [0.717, 1.165) is 0 Å². The molecule has 0 spiro atoms. The van der Waals surface area contributed by atoms with Crippen molar-refractivity contribution >= 4 is 62.7 Å². The lowest BCUT2D eigenvalue weighted by atomic mass is 10.1. The van der Waals surface area contributed by atoms with Crippen LogP contribution in [0.25, 0.3) is 10.9 Å². The summed E-state index contributed by atoms with van der Waals surface area (Å²) < 4.78 is 6.39. The molecule has 0 saturated heterocycles. The lowest BCUT2D eigenvalue weighted by Crippen LogP contribution is -2.32. The van der Waals surface area contributed by atoms with Gasteiger partial charge < -0.3 is 9.84 Å². The summed E-state index contributed by atoms with van der Waals surface area (Å²) in [7, 11) is 0. The van der Waals surface area contributed by atoms with Gasteiger partial charge in [-0.15, -0.1) is 0 Å². The van der Waals surface area contributed by atoms with Crippen molar-refractivity contribution in [3.8, 4) is 5.75 Å². The number of benzene rings is 1. The largest absolute Gasteiger partial charge is 0.478 e. The van der Waals surface area contributed by atoms with Crippen molar-refractivity contribution in [3.63, 3.8) is 0 Å². The number of hydrogen-bond acceptors (Lipinski definition) is 3. The van der Waals surface area contributed by atoms with E-state index in [1.54, 1.807) is 32.0 Å². The summed E-state index contributed by atoms with van der Waals surface area (Å²) in [6, 6.07) is 5.08. The number of nitrogens with zero attached hydrogens (tertiary/aromatic N) is 1. The van der Waals surface area contributed by atoms with Gasteiger partial charge in [0.2, 0.25) is 0 Å². The zero-order valence-corrected chi connectivity index (χ0v) is 14.9. The summed E-state index contributed by atoms with van der Waals surface area (Å²) in [5.41, 5.74) is 0.464. The van der Waals surface area contributed by atoms with E-state index in [9.17, 15) is 9.90 Å². The zero-order valence-electron chi connectivity index (χ0n) is 11.2. The number of carboxylic acid groups (broad SMARTS) is 1. The Morgan fingerprint density at radius 2 is 2.05 bits per heavy atom. The van der Waals surface area contributed by atoms with Gasteiger partial charge in [-0.1, -0.05) is 37.0 Å². The highest BCUT2D eigenvalue weighted by Gasteiger charge is 2.26. The van der Waals surface area contributed by atoms with Crippen molar-refractivity contribution in [2.24, 2.45) is 5.92 Å². The van der Waals surface area contributed by atoms with Crippen LogP contribution >= 0.6 is 45.8 Å². The third-order valence-corrected chi connectivity index (χ3v) is 4.22. The first kappa shape index (κ1) is 16.6. The lowest BCUT2D eigenvalue weighted by molar-refractivity contribution is -0.147. The molecule has 2 rings (SSSR count). The van der Waals surface area contributed by atoms with Crippen molar-refractivity contribution in [2.45, 2.75) is 20.0 Å². The summed E-state index contributed by atoms with van der Waals surface area (Å²) in [4.78, 5) is 15.6. The molecule has 0 amide bonds. The number of hydrogen-bond donors (Lipinski definition) is 1. The van der Waals surface area contributed by atoms with Gasteiger partial charge in [-0.2, -0.15) is 0 Å². The minimum absolute atomic E-state index is 0.191. The molecule has 1 heterocycles. The molecule has 1 N–H and O–H groups in total. The van der Waals surface area contributed by atoms with Crippen LogP contribution in [0.5, 0.6) is 5.75 Å². The maximum atomic E-state index is 11.3. The summed E-state index contributed by atoms with van der Waals surface area (Å²) in [5, 5.41) is 10.8. The third kappa shape index (κ3) is 3.52. The Balaban J connectivity index is 2.62. The highest BCUT2D eigenvalue weighted by molar-refractivity contribution is 14.1. The maximum absolute atomic E-state index is 11.3. The van der Waals surface area contributed by atoms with E-state index in [0.29, 0.717) is 30.4 Å². The van der Waals surface area contributed by atoms with Crippen LogP contribution in [0.3, 0.4) is 0 Å². The molecule has 112 valence electrons. The van der Waals surface area contributed by atoms with Crippen molar-refractivity contribution < 1.29 is 14.6 Å². The van der Waals surface area contributed by atoms with E-state index >= 15 is 0 Å². The van der Waals surface area contributed by atoms with Crippen LogP contribution in [-0.4, -0.2) is 22.2 Å². The van der Waals surface area contributed by atoms with Gasteiger partial charge in [-0.05, 0) is 40.8 Å². The molecule has 1 aromatic carbocycles. The van der Waals surface area contributed by atoms with E-state index in [1.165, 1.54) is 0 Å². The van der Waals surface area contributed by atoms with Crippen LogP contribution in [-0.2, 0) is 4.79 Å². The number of ether oxygens (including phenoxy) is 1. The molecule has 0 bridgehead atoms. The molecular weight excluding hydrogens is 428 g/mol. The molecule has 21 heavy (non-hydrogen) atoms. The number of aromatic nitrogens is 1. The van der Waals surface area contributed by atoms with Crippen LogP contribution in [0.4, 0.5) is 0 Å². The Hall–Kier alpha value is -0.790. The van der Waals surface area contributed by atoms with E-state index < -0.39 is 12.1 Å². The summed E-state index contributed by atoms with van der Waals surface area (Å²) >= 11 is 14.2. The topological polar surface area (TPSA) is 59.4 Å². The number of rotatable bonds is 4. The summed E-state index contributed by atoms with van der Waals surface area (Å²) in [6.07, 6.45) is -0.969. The molecular formula is C14H12Cl2INO3. The molecule has 0 aliphatic rings. The quantitative estimate of drug-likeness (QED) is 0.557. The first-order valence-electron chi connectivity index (χ1n) is 6.15. The van der Waals surface area contributed by atoms with E-state index in [2.05, 4.69) is 4.98 Å². The zero-order chi connectivity index (χ0) is 15.7. The standard InChI is InChI=1S/C14H12Cl2INO3/c1-6(2)12(14(19)20)21-13-9(17)5-8(15)7-3-4-10(16)18-11(7)13/h3-6,12H,1-2H3,(H,19,20). The molecule has 2 aromatic rings. The van der Waals surface area contributed by atoms with Crippen LogP contribution in [0.2, 0.25) is 10.2 Å². The first-order valence-corrected chi connectivity index (χ1v) is 7.98. The number of aliphatic carboxylic acids is 1. The van der Waals surface area contributed by atoms with Crippen LogP contribution in [0, 0.1) is 9.49 Å². The van der Waals surface area contributed by atoms with Gasteiger partial charge in [0.25, 0.3) is 0 Å². The fourth-order valence-corrected chi connectivity index (χ4v) is 3.17. The average molecular weight is 440 g/mol. The van der Waals surface area contributed by atoms with Gasteiger partial charge in [-0.3, -0.25) is 0 Å². The molecule has 0 aliphatic carbocycles. The fourth-order valence-electron chi connectivity index (χ4n) is 1.88. The van der Waals surface area contributed by atoms with Crippen LogP contribution in [0.15, 0.2) is 18.2 Å². The normalized spacial score (nSPS) is 12.7. The Morgan fingerprint density at radius 1 is 1.38 bits per heavy atom. The Morgan fingerprint density at radius 3 is 2.62 bits per heavy atom. The fraction of sp³-hybridized carbons (Fsp3) is 0.286. The average Bonchev–Trinajstić information content (AvgIpc) is 2.37. The van der Waals surface area contributed by atoms with Gasteiger partial charge in [0.15, 0.2) is 11.9 Å². The second-order valence-corrected chi connectivity index (χ2v) is 6.78. The summed E-state index contributed by atoms with van der Waals surface area (Å²) in [6.45, 7) is 3.56. The third-order valence-electron chi connectivity index (χ3n) is 2.90. The molecule has 0 radical (unpaired) electrons. The molecule has 0 saturated carbocycles. The molecule has 4 nitrogen and oxygen atoms in total. The Labute approximate surface area is 145 Å². The monoisotopic (exact) mass is 439 g/mol. The molecule has 7 heteroatoms. The van der Waals surface area contributed by atoms with Crippen molar-refractivity contribution in [1.82, 2.24) is 4.98 Å². The number of fused-ring (bicyclic) bond motifs is 1. The van der Waals surface area contributed by atoms with Gasteiger partial charge in [-0.25, -0.2) is 9.78 Å². The van der Waals surface area contributed by atoms with Crippen molar-refractivity contribution in [1.29, 1.82) is 0 Å². The second kappa shape index (κ2) is 6.54. The number of halogens is 3. The highest BCUT2D eigenvalue weighted by atomic mass is 127. The first-order chi connectivity index (χ1) is 9.81. The van der Waals surface area contributed by atoms with Gasteiger partial charge >= 0.3 is 5.97 Å². The Kier molecular flexibility index (Phi) is 5.16. The molecule has 1 atom stereocenters. The van der Waals surface area contributed by atoms with Gasteiger partial charge in [0.05, 0.1) is 8.59 Å². The molecule has 0 aliphatic heterocycles. The Bertz CT molecular complexity index is 706. The highest BCUT2D eigenvalue weighted by Crippen LogP contribution is 2.36. The lowest BCUT2D eigenvalue weighted by Gasteiger charge is -2.20. The minimum atomic E-state index is -1.02. The number of carbonyl (C=O) groups is 1. The van der Waals surface area contributed by atoms with Crippen molar-refractivity contribution in [2.75, 3.05) is 0 Å². The maximum Gasteiger partial charge on any atom is 0.345 e. The van der Waals surface area contributed by atoms with E-state index in [-0.39, 0.29) is 5.92 Å². The number of carboxylic acids is 1. The van der Waals surface area contributed by atoms with Crippen molar-refractivity contribution in [3.05, 3.63) is 31.9 Å². The number of pyridine rings is 1. The van der Waals surface area contributed by atoms with Crippen LogP contribution < -0.4 is 4.74 Å². The smallest absolute Gasteiger partial charge is 0.345 e. The van der Waals surface area contributed by atoms with E-state index in [1.807, 2.05) is 22.6 Å². The second-order valence-electron chi connectivity index (χ2n) is 4.82. The van der Waals surface area contributed by atoms with Gasteiger partial charge in [0, 0.05) is 11.3 Å². The SMILES string of the molecule is CC(C)C(Oc1c(I)cc(Cl)c2ccc(Cl)nc12)C(=O)O. The minimum Gasteiger partial charge on any atom is -0.478 e. The summed E-state index contributed by atoms with van der Waals surface area (Å²) in [5.74, 6) is -0.826. The van der Waals surface area contributed by atoms with E-state index in [4.69, 9.17) is 27.9 Å². The molecule has 1 unspecified atom stereocenters. The molecule has 1 aromatic heterocycles. The molecule has 0 fully saturated rings. The predicted octanol–water partition coefficient (Wildman–Crippen LogP) is 4.63. The predicted molar refractivity (Wildman–Crippen MR) is 91.4 cm³/mol.